The molecule has 2 aromatic rings. The molecule has 2 N–H and O–H groups in total. The van der Waals surface area contributed by atoms with Crippen molar-refractivity contribution in [1.82, 2.24) is 5.32 Å². The lowest BCUT2D eigenvalue weighted by Gasteiger charge is -2.16. The maximum atomic E-state index is 10.2. The number of hydrogen-bond donors (Lipinski definition) is 2. The molecule has 26 heavy (non-hydrogen) atoms. The van der Waals surface area contributed by atoms with Gasteiger partial charge in [0, 0.05) is 12.6 Å². The molecule has 0 radical (unpaired) electrons. The molecule has 0 bridgehead atoms. The van der Waals surface area contributed by atoms with E-state index in [1.165, 1.54) is 31.2 Å². The van der Waals surface area contributed by atoms with Crippen LogP contribution in [-0.2, 0) is 6.54 Å². The van der Waals surface area contributed by atoms with Crippen molar-refractivity contribution in [2.45, 2.75) is 44.4 Å². The highest BCUT2D eigenvalue weighted by Crippen LogP contribution is 2.29. The summed E-state index contributed by atoms with van der Waals surface area (Å²) in [7, 11) is 1.64. The van der Waals surface area contributed by atoms with Gasteiger partial charge in [0.15, 0.2) is 11.5 Å². The van der Waals surface area contributed by atoms with Gasteiger partial charge in [-0.3, -0.25) is 0 Å². The van der Waals surface area contributed by atoms with E-state index in [0.29, 0.717) is 17.5 Å². The number of methoxy groups -OCH3 is 1. The summed E-state index contributed by atoms with van der Waals surface area (Å²) in [5.74, 6) is 1.35. The maximum Gasteiger partial charge on any atom is 0.161 e. The summed E-state index contributed by atoms with van der Waals surface area (Å²) in [5.41, 5.74) is 2.03. The first-order valence-corrected chi connectivity index (χ1v) is 9.02. The zero-order valence-electron chi connectivity index (χ0n) is 15.2. The second-order valence-corrected chi connectivity index (χ2v) is 6.58. The number of benzene rings is 2. The predicted octanol–water partition coefficient (Wildman–Crippen LogP) is 4.26. The van der Waals surface area contributed by atoms with E-state index in [1.807, 2.05) is 42.5 Å². The third-order valence-corrected chi connectivity index (χ3v) is 4.76. The lowest BCUT2D eigenvalue weighted by atomic mass is 10.1. The molecule has 0 heterocycles. The van der Waals surface area contributed by atoms with Crippen molar-refractivity contribution in [2.24, 2.45) is 0 Å². The third-order valence-electron chi connectivity index (χ3n) is 4.76. The summed E-state index contributed by atoms with van der Waals surface area (Å²) in [5, 5.41) is 13.8. The van der Waals surface area contributed by atoms with Crippen LogP contribution >= 0.6 is 12.4 Å². The molecule has 1 fully saturated rings. The fraction of sp³-hybridized carbons (Fsp3) is 0.429. The van der Waals surface area contributed by atoms with E-state index in [4.69, 9.17) is 9.47 Å². The van der Waals surface area contributed by atoms with Gasteiger partial charge in [-0.25, -0.2) is 0 Å². The van der Waals surface area contributed by atoms with Crippen molar-refractivity contribution in [1.29, 1.82) is 0 Å². The Labute approximate surface area is 161 Å². The second kappa shape index (κ2) is 10.4. The number of rotatable bonds is 8. The van der Waals surface area contributed by atoms with Gasteiger partial charge in [-0.05, 0) is 36.1 Å². The Morgan fingerprint density at radius 1 is 1.08 bits per heavy atom. The smallest absolute Gasteiger partial charge is 0.161 e. The molecule has 1 aliphatic carbocycles. The van der Waals surface area contributed by atoms with Crippen LogP contribution in [0.25, 0.3) is 0 Å². The van der Waals surface area contributed by atoms with Gasteiger partial charge < -0.3 is 19.9 Å². The summed E-state index contributed by atoms with van der Waals surface area (Å²) in [6.45, 7) is 1.04. The molecule has 0 aliphatic heterocycles. The molecule has 142 valence electrons. The highest BCUT2D eigenvalue weighted by molar-refractivity contribution is 5.85. The van der Waals surface area contributed by atoms with E-state index < -0.39 is 6.10 Å². The van der Waals surface area contributed by atoms with E-state index in [0.717, 1.165) is 12.1 Å². The normalized spacial score (nSPS) is 15.3. The highest BCUT2D eigenvalue weighted by Gasteiger charge is 2.15. The van der Waals surface area contributed by atoms with Crippen LogP contribution in [0, 0.1) is 0 Å². The van der Waals surface area contributed by atoms with Gasteiger partial charge >= 0.3 is 0 Å². The van der Waals surface area contributed by atoms with E-state index in [-0.39, 0.29) is 19.0 Å². The quantitative estimate of drug-likeness (QED) is 0.721. The molecule has 1 saturated carbocycles. The van der Waals surface area contributed by atoms with Gasteiger partial charge in [-0.1, -0.05) is 49.2 Å². The Bertz CT molecular complexity index is 660. The fourth-order valence-electron chi connectivity index (χ4n) is 3.27. The third kappa shape index (κ3) is 5.63. The average molecular weight is 378 g/mol. The van der Waals surface area contributed by atoms with Crippen molar-refractivity contribution in [3.05, 3.63) is 59.7 Å². The molecule has 2 aromatic carbocycles. The van der Waals surface area contributed by atoms with Crippen LogP contribution in [0.4, 0.5) is 0 Å². The number of hydrogen-bond acceptors (Lipinski definition) is 4. The average Bonchev–Trinajstić information content (AvgIpc) is 3.19. The van der Waals surface area contributed by atoms with Gasteiger partial charge in [-0.15, -0.1) is 12.4 Å². The van der Waals surface area contributed by atoms with Crippen molar-refractivity contribution < 1.29 is 14.6 Å². The zero-order valence-corrected chi connectivity index (χ0v) is 16.0. The summed E-state index contributed by atoms with van der Waals surface area (Å²) >= 11 is 0. The summed E-state index contributed by atoms with van der Waals surface area (Å²) in [6.07, 6.45) is 4.55. The molecule has 0 saturated heterocycles. The van der Waals surface area contributed by atoms with E-state index in [1.54, 1.807) is 7.11 Å². The van der Waals surface area contributed by atoms with Crippen LogP contribution in [0.1, 0.15) is 42.9 Å². The van der Waals surface area contributed by atoms with Crippen LogP contribution in [0.5, 0.6) is 11.5 Å². The molecule has 4 nitrogen and oxygen atoms in total. The first-order chi connectivity index (χ1) is 12.3. The number of nitrogens with one attached hydrogen (secondary N) is 1. The Hall–Kier alpha value is -1.75. The molecule has 0 aromatic heterocycles. The second-order valence-electron chi connectivity index (χ2n) is 6.58. The Morgan fingerprint density at radius 2 is 1.81 bits per heavy atom. The van der Waals surface area contributed by atoms with E-state index in [9.17, 15) is 5.11 Å². The van der Waals surface area contributed by atoms with Crippen molar-refractivity contribution in [2.75, 3.05) is 13.7 Å². The molecular formula is C21H28ClNO3. The molecule has 0 spiro atoms. The number of ether oxygens (including phenoxy) is 2. The molecule has 3 rings (SSSR count). The monoisotopic (exact) mass is 377 g/mol. The summed E-state index contributed by atoms with van der Waals surface area (Å²) < 4.78 is 11.2. The molecule has 0 amide bonds. The van der Waals surface area contributed by atoms with E-state index >= 15 is 0 Å². The fourth-order valence-corrected chi connectivity index (χ4v) is 3.27. The van der Waals surface area contributed by atoms with E-state index in [2.05, 4.69) is 11.4 Å². The first-order valence-electron chi connectivity index (χ1n) is 9.02. The Kier molecular flexibility index (Phi) is 8.23. The molecule has 1 atom stereocenters. The molecular weight excluding hydrogens is 350 g/mol. The number of aliphatic hydroxyl groups is 1. The van der Waals surface area contributed by atoms with Crippen LogP contribution in [0.15, 0.2) is 48.5 Å². The van der Waals surface area contributed by atoms with Crippen molar-refractivity contribution >= 4 is 12.4 Å². The summed E-state index contributed by atoms with van der Waals surface area (Å²) in [6, 6.07) is 16.1. The Balaban J connectivity index is 0.00000243. The number of aliphatic hydroxyl groups excluding tert-OH is 1. The predicted molar refractivity (Wildman–Crippen MR) is 106 cm³/mol. The van der Waals surface area contributed by atoms with Gasteiger partial charge in [-0.2, -0.15) is 0 Å². The van der Waals surface area contributed by atoms with Crippen LogP contribution in [0.2, 0.25) is 0 Å². The lowest BCUT2D eigenvalue weighted by Crippen LogP contribution is -2.25. The van der Waals surface area contributed by atoms with Crippen molar-refractivity contribution in [3.8, 4) is 11.5 Å². The molecule has 1 unspecified atom stereocenters. The highest BCUT2D eigenvalue weighted by atomic mass is 35.5. The first kappa shape index (κ1) is 20.6. The standard InChI is InChI=1S/C21H27NO3.ClH/c1-24-21-13-16(14-22-18-9-5-6-10-18)11-12-20(21)25-15-19(23)17-7-3-2-4-8-17;/h2-4,7-8,11-13,18-19,22-23H,5-6,9-10,14-15H2,1H3;1H. The van der Waals surface area contributed by atoms with Crippen LogP contribution in [0.3, 0.4) is 0 Å². The van der Waals surface area contributed by atoms with Crippen molar-refractivity contribution in [3.63, 3.8) is 0 Å². The Morgan fingerprint density at radius 3 is 2.50 bits per heavy atom. The van der Waals surface area contributed by atoms with Crippen LogP contribution in [-0.4, -0.2) is 24.9 Å². The largest absolute Gasteiger partial charge is 0.493 e. The topological polar surface area (TPSA) is 50.7 Å². The summed E-state index contributed by atoms with van der Waals surface area (Å²) in [4.78, 5) is 0. The van der Waals surface area contributed by atoms with Gasteiger partial charge in [0.1, 0.15) is 12.7 Å². The minimum absolute atomic E-state index is 0. The lowest BCUT2D eigenvalue weighted by molar-refractivity contribution is 0.106. The molecule has 1 aliphatic rings. The minimum atomic E-state index is -0.658. The molecule has 5 heteroatoms. The number of halogens is 1. The van der Waals surface area contributed by atoms with Gasteiger partial charge in [0.2, 0.25) is 0 Å². The maximum absolute atomic E-state index is 10.2. The van der Waals surface area contributed by atoms with Gasteiger partial charge in [0.05, 0.1) is 7.11 Å². The van der Waals surface area contributed by atoms with Crippen LogP contribution < -0.4 is 14.8 Å². The van der Waals surface area contributed by atoms with Gasteiger partial charge in [0.25, 0.3) is 0 Å². The SMILES string of the molecule is COc1cc(CNC2CCCC2)ccc1OCC(O)c1ccccc1.Cl. The zero-order chi connectivity index (χ0) is 17.5. The minimum Gasteiger partial charge on any atom is -0.493 e.